The minimum absolute atomic E-state index is 0.00341. The number of aliphatic hydroxyl groups excluding tert-OH is 1. The average molecular weight is 597 g/mol. The van der Waals surface area contributed by atoms with E-state index in [1.54, 1.807) is 18.2 Å². The molecule has 0 saturated carbocycles. The molecule has 11 heteroatoms. The van der Waals surface area contributed by atoms with Gasteiger partial charge in [0.1, 0.15) is 12.2 Å². The number of nitrogens with one attached hydrogen (secondary N) is 1. The number of hydrogen-bond donors (Lipinski definition) is 4. The van der Waals surface area contributed by atoms with Gasteiger partial charge in [-0.05, 0) is 6.07 Å². The maximum atomic E-state index is 14.3. The van der Waals surface area contributed by atoms with E-state index in [2.05, 4.69) is 5.32 Å². The van der Waals surface area contributed by atoms with Crippen molar-refractivity contribution >= 4 is 28.9 Å². The molecule has 1 aromatic heterocycles. The molecule has 4 aromatic rings. The van der Waals surface area contributed by atoms with Crippen LogP contribution in [0.5, 0.6) is 0 Å². The molecule has 44 heavy (non-hydrogen) atoms. The summed E-state index contributed by atoms with van der Waals surface area (Å²) in [6.07, 6.45) is -5.57. The van der Waals surface area contributed by atoms with Crippen LogP contribution < -0.4 is 10.9 Å². The van der Waals surface area contributed by atoms with Crippen molar-refractivity contribution < 1.29 is 39.2 Å². The highest BCUT2D eigenvalue weighted by atomic mass is 16.6. The largest absolute Gasteiger partial charge is 0.382 e. The fourth-order valence-electron chi connectivity index (χ4n) is 5.39. The van der Waals surface area contributed by atoms with Gasteiger partial charge in [0.2, 0.25) is 23.1 Å². The second-order valence-electron chi connectivity index (χ2n) is 10.3. The van der Waals surface area contributed by atoms with Gasteiger partial charge in [0.25, 0.3) is 5.56 Å². The van der Waals surface area contributed by atoms with Gasteiger partial charge in [0.15, 0.2) is 17.6 Å². The van der Waals surface area contributed by atoms with Crippen LogP contribution in [0.2, 0.25) is 0 Å². The Morgan fingerprint density at radius 1 is 0.773 bits per heavy atom. The van der Waals surface area contributed by atoms with Crippen molar-refractivity contribution in [3.8, 4) is 0 Å². The summed E-state index contributed by atoms with van der Waals surface area (Å²) in [7, 11) is 0. The summed E-state index contributed by atoms with van der Waals surface area (Å²) in [5.74, 6) is -3.89. The van der Waals surface area contributed by atoms with Crippen molar-refractivity contribution in [1.82, 2.24) is 4.57 Å². The normalized spacial score (nSPS) is 23.5. The maximum Gasteiger partial charge on any atom is 0.254 e. The molecule has 3 aromatic carbocycles. The molecule has 0 bridgehead atoms. The monoisotopic (exact) mass is 596 g/mol. The van der Waals surface area contributed by atoms with Gasteiger partial charge in [-0.3, -0.25) is 28.5 Å². The molecule has 1 fully saturated rings. The number of pyridine rings is 1. The molecule has 0 radical (unpaired) electrons. The number of carbonyl (C=O) groups excluding carboxylic acids is 4. The molecule has 5 atom stereocenters. The van der Waals surface area contributed by atoms with Crippen molar-refractivity contribution in [3.05, 3.63) is 136 Å². The zero-order valence-corrected chi connectivity index (χ0v) is 23.4. The summed E-state index contributed by atoms with van der Waals surface area (Å²) in [6, 6.07) is 24.1. The molecule has 1 aliphatic heterocycles. The summed E-state index contributed by atoms with van der Waals surface area (Å²) >= 11 is 0. The van der Waals surface area contributed by atoms with Crippen LogP contribution in [-0.2, 0) is 9.53 Å². The van der Waals surface area contributed by atoms with Crippen molar-refractivity contribution in [2.45, 2.75) is 36.6 Å². The van der Waals surface area contributed by atoms with Gasteiger partial charge in [-0.2, -0.15) is 0 Å². The quantitative estimate of drug-likeness (QED) is 0.211. The number of nitrogens with zero attached hydrogens (tertiary/aromatic N) is 1. The third-order valence-electron chi connectivity index (χ3n) is 7.52. The summed E-state index contributed by atoms with van der Waals surface area (Å²) in [6.45, 7) is 1.23. The molecule has 1 unspecified atom stereocenters. The maximum absolute atomic E-state index is 14.3. The van der Waals surface area contributed by atoms with Crippen molar-refractivity contribution in [3.63, 3.8) is 0 Å². The summed E-state index contributed by atoms with van der Waals surface area (Å²) in [4.78, 5) is 66.8. The van der Waals surface area contributed by atoms with E-state index in [0.29, 0.717) is 0 Å². The standard InChI is InChI=1S/C33H28N2O9/c1-20(36)34-24-17-18-35(25(37)19-24)31-33(43,29(41)23-15-9-4-10-16-23)32(42,28(40)22-13-7-3-8-14-22)30(44-31)27(39)26(38)21-11-5-2-6-12-21/h2-19,27,30-31,39,42-43H,1H3,(H,34,36)/t27?,30-,31-,32-,33+/m1/s1. The molecule has 0 aliphatic carbocycles. The van der Waals surface area contributed by atoms with E-state index in [1.165, 1.54) is 85.8 Å². The number of benzene rings is 3. The number of anilines is 1. The predicted molar refractivity (Wildman–Crippen MR) is 157 cm³/mol. The number of ether oxygens (including phenoxy) is 1. The van der Waals surface area contributed by atoms with Crippen LogP contribution in [0.3, 0.4) is 0 Å². The fraction of sp³-hybridized carbons (Fsp3) is 0.182. The zero-order chi connectivity index (χ0) is 31.6. The number of ketones is 3. The zero-order valence-electron chi connectivity index (χ0n) is 23.4. The van der Waals surface area contributed by atoms with E-state index in [9.17, 15) is 39.3 Å². The highest BCUT2D eigenvalue weighted by Crippen LogP contribution is 2.50. The Hall–Kier alpha value is -5.07. The van der Waals surface area contributed by atoms with E-state index in [4.69, 9.17) is 4.74 Å². The van der Waals surface area contributed by atoms with Crippen molar-refractivity contribution in [1.29, 1.82) is 0 Å². The molecular weight excluding hydrogens is 568 g/mol. The van der Waals surface area contributed by atoms with Crippen LogP contribution in [-0.4, -0.2) is 66.6 Å². The molecule has 5 rings (SSSR count). The summed E-state index contributed by atoms with van der Waals surface area (Å²) in [5.41, 5.74) is -7.74. The first-order valence-corrected chi connectivity index (χ1v) is 13.6. The minimum atomic E-state index is -3.31. The Kier molecular flexibility index (Phi) is 8.22. The summed E-state index contributed by atoms with van der Waals surface area (Å²) < 4.78 is 6.68. The Morgan fingerprint density at radius 2 is 1.25 bits per heavy atom. The Morgan fingerprint density at radius 3 is 1.73 bits per heavy atom. The lowest BCUT2D eigenvalue weighted by Gasteiger charge is -2.39. The second kappa shape index (κ2) is 11.9. The van der Waals surface area contributed by atoms with Gasteiger partial charge in [0, 0.05) is 41.6 Å². The molecule has 0 spiro atoms. The predicted octanol–water partition coefficient (Wildman–Crippen LogP) is 2.18. The highest BCUT2D eigenvalue weighted by Gasteiger charge is 2.75. The molecule has 11 nitrogen and oxygen atoms in total. The van der Waals surface area contributed by atoms with Crippen molar-refractivity contribution in [2.75, 3.05) is 5.32 Å². The second-order valence-corrected chi connectivity index (χ2v) is 10.3. The lowest BCUT2D eigenvalue weighted by atomic mass is 9.69. The third-order valence-corrected chi connectivity index (χ3v) is 7.52. The average Bonchev–Trinajstić information content (AvgIpc) is 3.28. The molecule has 4 N–H and O–H groups in total. The number of hydrogen-bond acceptors (Lipinski definition) is 9. The first-order chi connectivity index (χ1) is 21.0. The number of rotatable bonds is 9. The van der Waals surface area contributed by atoms with E-state index in [1.807, 2.05) is 0 Å². The van der Waals surface area contributed by atoms with Gasteiger partial charge in [-0.25, -0.2) is 0 Å². The van der Waals surface area contributed by atoms with Crippen LogP contribution in [0.4, 0.5) is 5.69 Å². The smallest absolute Gasteiger partial charge is 0.254 e. The number of amides is 1. The molecule has 2 heterocycles. The van der Waals surface area contributed by atoms with Gasteiger partial charge in [-0.15, -0.1) is 0 Å². The van der Waals surface area contributed by atoms with Crippen LogP contribution in [0.15, 0.2) is 114 Å². The third kappa shape index (κ3) is 5.07. The fourth-order valence-corrected chi connectivity index (χ4v) is 5.39. The van der Waals surface area contributed by atoms with E-state index in [-0.39, 0.29) is 22.4 Å². The van der Waals surface area contributed by atoms with Crippen LogP contribution in [0.1, 0.15) is 44.2 Å². The lowest BCUT2D eigenvalue weighted by Crippen LogP contribution is -2.69. The van der Waals surface area contributed by atoms with E-state index < -0.39 is 58.5 Å². The number of aliphatic hydroxyl groups is 3. The van der Waals surface area contributed by atoms with Gasteiger partial charge in [0.05, 0.1) is 0 Å². The Balaban J connectivity index is 1.76. The first kappa shape index (κ1) is 30.4. The van der Waals surface area contributed by atoms with Crippen molar-refractivity contribution in [2.24, 2.45) is 0 Å². The van der Waals surface area contributed by atoms with Gasteiger partial charge < -0.3 is 25.4 Å². The summed E-state index contributed by atoms with van der Waals surface area (Å²) in [5, 5.41) is 38.8. The molecule has 1 amide bonds. The van der Waals surface area contributed by atoms with E-state index >= 15 is 0 Å². The highest BCUT2D eigenvalue weighted by molar-refractivity contribution is 6.14. The minimum Gasteiger partial charge on any atom is -0.382 e. The van der Waals surface area contributed by atoms with Crippen LogP contribution >= 0.6 is 0 Å². The van der Waals surface area contributed by atoms with Crippen LogP contribution in [0.25, 0.3) is 0 Å². The number of carbonyl (C=O) groups is 4. The van der Waals surface area contributed by atoms with Crippen LogP contribution in [0, 0.1) is 0 Å². The SMILES string of the molecule is CC(=O)Nc1ccn([C@@H]2O[C@H](C(O)C(=O)c3ccccc3)[C@](O)(C(=O)c3ccccc3)[C@]2(O)C(=O)c2ccccc2)c(=O)c1. The Labute approximate surface area is 251 Å². The number of Topliss-reactive ketones (excluding diaryl/α,β-unsaturated/α-hetero) is 3. The van der Waals surface area contributed by atoms with Gasteiger partial charge in [-0.1, -0.05) is 91.0 Å². The first-order valence-electron chi connectivity index (χ1n) is 13.6. The Bertz CT molecular complexity index is 1780. The molecule has 224 valence electrons. The molecule has 1 saturated heterocycles. The molecule has 1 aliphatic rings. The lowest BCUT2D eigenvalue weighted by molar-refractivity contribution is -0.114. The number of aromatic nitrogens is 1. The topological polar surface area (TPSA) is 172 Å². The molecular formula is C33H28N2O9. The van der Waals surface area contributed by atoms with E-state index in [0.717, 1.165) is 16.8 Å². The van der Waals surface area contributed by atoms with Gasteiger partial charge >= 0.3 is 0 Å².